The van der Waals surface area contributed by atoms with E-state index in [4.69, 9.17) is 0 Å². The van der Waals surface area contributed by atoms with Crippen LogP contribution in [0, 0.1) is 0 Å². The van der Waals surface area contributed by atoms with Crippen molar-refractivity contribution in [2.24, 2.45) is 0 Å². The van der Waals surface area contributed by atoms with E-state index in [2.05, 4.69) is 6.92 Å². The van der Waals surface area contributed by atoms with Gasteiger partial charge in [0.05, 0.1) is 11.4 Å². The van der Waals surface area contributed by atoms with E-state index < -0.39 is 15.9 Å². The zero-order valence-electron chi connectivity index (χ0n) is 13.1. The molecule has 0 spiro atoms. The van der Waals surface area contributed by atoms with Gasteiger partial charge in [-0.1, -0.05) is 6.92 Å². The van der Waals surface area contributed by atoms with Crippen molar-refractivity contribution >= 4 is 27.5 Å². The van der Waals surface area contributed by atoms with Gasteiger partial charge < -0.3 is 4.90 Å². The second-order valence-electron chi connectivity index (χ2n) is 5.97. The molecule has 1 unspecified atom stereocenters. The van der Waals surface area contributed by atoms with Gasteiger partial charge in [0.1, 0.15) is 0 Å². The summed E-state index contributed by atoms with van der Waals surface area (Å²) in [5, 5.41) is 0. The van der Waals surface area contributed by atoms with Gasteiger partial charge in [0.25, 0.3) is 5.91 Å². The van der Waals surface area contributed by atoms with Crippen LogP contribution in [0.4, 0.5) is 5.69 Å². The molecule has 6 nitrogen and oxygen atoms in total. The fraction of sp³-hybridized carbons (Fsp3) is 0.500. The van der Waals surface area contributed by atoms with E-state index >= 15 is 0 Å². The van der Waals surface area contributed by atoms with Gasteiger partial charge in [-0.2, -0.15) is 0 Å². The van der Waals surface area contributed by atoms with Crippen LogP contribution in [0.5, 0.6) is 0 Å². The Kier molecular flexibility index (Phi) is 4.14. The summed E-state index contributed by atoms with van der Waals surface area (Å²) in [5.74, 6) is -0.607. The molecule has 1 aromatic rings. The van der Waals surface area contributed by atoms with Crippen molar-refractivity contribution in [1.82, 2.24) is 4.90 Å². The minimum atomic E-state index is -3.56. The molecule has 0 radical (unpaired) electrons. The molecule has 124 valence electrons. The predicted molar refractivity (Wildman–Crippen MR) is 86.7 cm³/mol. The molecule has 1 aromatic carbocycles. The Morgan fingerprint density at radius 1 is 1.26 bits per heavy atom. The van der Waals surface area contributed by atoms with Crippen LogP contribution >= 0.6 is 0 Å². The summed E-state index contributed by atoms with van der Waals surface area (Å²) in [5.41, 5.74) is 0.829. The van der Waals surface area contributed by atoms with Crippen LogP contribution in [-0.2, 0) is 14.8 Å². The molecule has 2 aliphatic heterocycles. The molecule has 7 heteroatoms. The van der Waals surface area contributed by atoms with E-state index in [0.29, 0.717) is 11.3 Å². The van der Waals surface area contributed by atoms with Gasteiger partial charge in [0, 0.05) is 24.6 Å². The number of amides is 2. The molecule has 2 fully saturated rings. The summed E-state index contributed by atoms with van der Waals surface area (Å²) in [6.07, 6.45) is 2.99. The topological polar surface area (TPSA) is 74.8 Å². The number of anilines is 1. The quantitative estimate of drug-likeness (QED) is 0.843. The van der Waals surface area contributed by atoms with Crippen molar-refractivity contribution in [2.75, 3.05) is 16.6 Å². The zero-order chi connectivity index (χ0) is 16.6. The van der Waals surface area contributed by atoms with Crippen molar-refractivity contribution in [1.29, 1.82) is 0 Å². The number of likely N-dealkylation sites (tertiary alicyclic amines) is 1. The first-order chi connectivity index (χ1) is 10.9. The van der Waals surface area contributed by atoms with Gasteiger partial charge in [-0.05, 0) is 43.5 Å². The third kappa shape index (κ3) is 2.85. The predicted octanol–water partition coefficient (Wildman–Crippen LogP) is 1.77. The number of carbonyl (C=O) groups excluding carboxylic acids is 2. The fourth-order valence-corrected chi connectivity index (χ4v) is 4.76. The number of rotatable bonds is 3. The molecule has 0 N–H and O–H groups in total. The molecule has 2 aliphatic rings. The van der Waals surface area contributed by atoms with E-state index in [1.165, 1.54) is 12.1 Å². The number of sulfonamides is 1. The molecule has 0 aliphatic carbocycles. The molecule has 2 heterocycles. The van der Waals surface area contributed by atoms with E-state index in [9.17, 15) is 18.0 Å². The highest BCUT2D eigenvalue weighted by molar-refractivity contribution is 7.94. The summed E-state index contributed by atoms with van der Waals surface area (Å²) in [6, 6.07) is 6.55. The lowest BCUT2D eigenvalue weighted by atomic mass is 10.1. The minimum absolute atomic E-state index is 0.00890. The maximum atomic E-state index is 12.6. The first-order valence-corrected chi connectivity index (χ1v) is 9.52. The van der Waals surface area contributed by atoms with Gasteiger partial charge in [0.2, 0.25) is 15.9 Å². The Hall–Kier alpha value is -1.89. The molecule has 2 amide bonds. The van der Waals surface area contributed by atoms with Gasteiger partial charge in [0.15, 0.2) is 0 Å². The second kappa shape index (κ2) is 5.96. The number of benzene rings is 1. The summed E-state index contributed by atoms with van der Waals surface area (Å²) < 4.78 is 24.7. The number of hydrogen-bond donors (Lipinski definition) is 0. The number of nitrogens with zero attached hydrogens (tertiary/aromatic N) is 2. The third-order valence-corrected chi connectivity index (χ3v) is 6.23. The standard InChI is InChI=1S/C16H20N2O4S/c1-2-13-4-3-10-17(13)16(20)12-5-7-14(8-6-12)18-15(19)9-11-23(18,21)22/h5-8,13H,2-4,9-11H2,1H3. The Morgan fingerprint density at radius 3 is 2.52 bits per heavy atom. The average molecular weight is 336 g/mol. The lowest BCUT2D eigenvalue weighted by Crippen LogP contribution is -2.35. The smallest absolute Gasteiger partial charge is 0.254 e. The van der Waals surface area contributed by atoms with E-state index in [1.54, 1.807) is 12.1 Å². The molecular weight excluding hydrogens is 316 g/mol. The zero-order valence-corrected chi connectivity index (χ0v) is 13.9. The minimum Gasteiger partial charge on any atom is -0.336 e. The van der Waals surface area contributed by atoms with Gasteiger partial charge in [-0.15, -0.1) is 0 Å². The molecular formula is C16H20N2O4S. The second-order valence-corrected chi connectivity index (χ2v) is 7.91. The Bertz CT molecular complexity index is 727. The highest BCUT2D eigenvalue weighted by Crippen LogP contribution is 2.27. The molecule has 0 bridgehead atoms. The van der Waals surface area contributed by atoms with Crippen molar-refractivity contribution < 1.29 is 18.0 Å². The van der Waals surface area contributed by atoms with Gasteiger partial charge in [-0.3, -0.25) is 9.59 Å². The first kappa shape index (κ1) is 16.0. The van der Waals surface area contributed by atoms with E-state index in [1.807, 2.05) is 4.90 Å². The van der Waals surface area contributed by atoms with Crippen molar-refractivity contribution in [2.45, 2.75) is 38.6 Å². The van der Waals surface area contributed by atoms with Crippen molar-refractivity contribution in [3.05, 3.63) is 29.8 Å². The van der Waals surface area contributed by atoms with Crippen molar-refractivity contribution in [3.8, 4) is 0 Å². The summed E-state index contributed by atoms with van der Waals surface area (Å²) in [6.45, 7) is 2.83. The number of hydrogen-bond acceptors (Lipinski definition) is 4. The highest BCUT2D eigenvalue weighted by atomic mass is 32.2. The Morgan fingerprint density at radius 2 is 1.96 bits per heavy atom. The SMILES string of the molecule is CCC1CCCN1C(=O)c1ccc(N2C(=O)CCS2(=O)=O)cc1. The maximum Gasteiger partial charge on any atom is 0.254 e. The highest BCUT2D eigenvalue weighted by Gasteiger charge is 2.36. The van der Waals surface area contributed by atoms with Crippen LogP contribution < -0.4 is 4.31 Å². The summed E-state index contributed by atoms with van der Waals surface area (Å²) in [7, 11) is -3.56. The van der Waals surface area contributed by atoms with Gasteiger partial charge >= 0.3 is 0 Å². The van der Waals surface area contributed by atoms with Crippen LogP contribution in [0.3, 0.4) is 0 Å². The molecule has 0 aromatic heterocycles. The van der Waals surface area contributed by atoms with Crippen LogP contribution in [0.2, 0.25) is 0 Å². The first-order valence-electron chi connectivity index (χ1n) is 7.91. The molecule has 2 saturated heterocycles. The van der Waals surface area contributed by atoms with Crippen LogP contribution in [0.25, 0.3) is 0 Å². The van der Waals surface area contributed by atoms with Crippen LogP contribution in [0.1, 0.15) is 43.0 Å². The molecule has 23 heavy (non-hydrogen) atoms. The molecule has 0 saturated carbocycles. The average Bonchev–Trinajstić information content (AvgIpc) is 3.11. The van der Waals surface area contributed by atoms with E-state index in [0.717, 1.165) is 30.1 Å². The molecule has 1 atom stereocenters. The van der Waals surface area contributed by atoms with Crippen LogP contribution in [0.15, 0.2) is 24.3 Å². The lowest BCUT2D eigenvalue weighted by Gasteiger charge is -2.24. The summed E-state index contributed by atoms with van der Waals surface area (Å²) >= 11 is 0. The van der Waals surface area contributed by atoms with Crippen LogP contribution in [-0.4, -0.2) is 43.5 Å². The Labute approximate surface area is 136 Å². The number of carbonyl (C=O) groups is 2. The lowest BCUT2D eigenvalue weighted by molar-refractivity contribution is -0.116. The fourth-order valence-electron chi connectivity index (χ4n) is 3.30. The maximum absolute atomic E-state index is 12.6. The summed E-state index contributed by atoms with van der Waals surface area (Å²) in [4.78, 5) is 26.2. The largest absolute Gasteiger partial charge is 0.336 e. The van der Waals surface area contributed by atoms with Crippen molar-refractivity contribution in [3.63, 3.8) is 0 Å². The monoisotopic (exact) mass is 336 g/mol. The Balaban J connectivity index is 1.82. The normalized spacial score (nSPS) is 23.5. The third-order valence-electron chi connectivity index (χ3n) is 4.54. The van der Waals surface area contributed by atoms with E-state index in [-0.39, 0.29) is 24.1 Å². The molecule has 3 rings (SSSR count). The van der Waals surface area contributed by atoms with Gasteiger partial charge in [-0.25, -0.2) is 12.7 Å².